The van der Waals surface area contributed by atoms with Crippen molar-refractivity contribution < 1.29 is 17.5 Å². The molecule has 1 aromatic carbocycles. The molecule has 0 N–H and O–H groups in total. The van der Waals surface area contributed by atoms with Gasteiger partial charge in [-0.2, -0.15) is 4.57 Å². The third kappa shape index (κ3) is 3.93. The Morgan fingerprint density at radius 3 is 2.81 bits per heavy atom. The van der Waals surface area contributed by atoms with E-state index in [4.69, 9.17) is 11.6 Å². The van der Waals surface area contributed by atoms with Crippen molar-refractivity contribution in [1.29, 1.82) is 0 Å². The number of thiazole rings is 1. The molecule has 1 aliphatic heterocycles. The molecule has 142 valence electrons. The van der Waals surface area contributed by atoms with E-state index < -0.39 is 16.0 Å². The van der Waals surface area contributed by atoms with Crippen LogP contribution in [0.1, 0.15) is 11.9 Å². The van der Waals surface area contributed by atoms with E-state index in [9.17, 15) is 13.0 Å². The Morgan fingerprint density at radius 2 is 2.11 bits per heavy atom. The highest BCUT2D eigenvalue weighted by atomic mass is 79.9. The Kier molecular flexibility index (Phi) is 5.34. The first-order valence-corrected chi connectivity index (χ1v) is 13.0. The van der Waals surface area contributed by atoms with Crippen LogP contribution in [0.5, 0.6) is 0 Å². The van der Waals surface area contributed by atoms with E-state index in [1.165, 1.54) is 20.1 Å². The molecular formula is C16H12BrClN2O3S4. The maximum absolute atomic E-state index is 11.5. The van der Waals surface area contributed by atoms with Gasteiger partial charge in [0.1, 0.15) is 4.70 Å². The van der Waals surface area contributed by atoms with Gasteiger partial charge < -0.3 is 9.45 Å². The number of hydrogen-bond donors (Lipinski definition) is 0. The van der Waals surface area contributed by atoms with Crippen molar-refractivity contribution in [3.05, 3.63) is 43.1 Å². The Hall–Kier alpha value is -0.620. The smallest absolute Gasteiger partial charge is 0.266 e. The predicted molar refractivity (Wildman–Crippen MR) is 116 cm³/mol. The van der Waals surface area contributed by atoms with Gasteiger partial charge in [0.15, 0.2) is 10.1 Å². The molecule has 5 nitrogen and oxygen atoms in total. The summed E-state index contributed by atoms with van der Waals surface area (Å²) in [6, 6.07) is 7.36. The Labute approximate surface area is 182 Å². The van der Waals surface area contributed by atoms with Crippen LogP contribution < -0.4 is 9.47 Å². The summed E-state index contributed by atoms with van der Waals surface area (Å²) in [7, 11) is -4.45. The molecule has 0 bridgehead atoms. The molecule has 0 saturated carbocycles. The largest absolute Gasteiger partial charge is 0.743 e. The first-order valence-electron chi connectivity index (χ1n) is 7.77. The van der Waals surface area contributed by atoms with Crippen molar-refractivity contribution in [2.45, 2.75) is 17.0 Å². The van der Waals surface area contributed by atoms with Crippen molar-refractivity contribution in [1.82, 2.24) is 0 Å². The number of fused-ring (bicyclic) bond motifs is 2. The van der Waals surface area contributed by atoms with Gasteiger partial charge in [-0.1, -0.05) is 34.7 Å². The van der Waals surface area contributed by atoms with Gasteiger partial charge in [-0.25, -0.2) is 8.42 Å². The molecule has 0 unspecified atom stereocenters. The number of nitrogens with zero attached hydrogens (tertiary/aromatic N) is 2. The summed E-state index contributed by atoms with van der Waals surface area (Å²) in [4.78, 5) is 2.18. The Balaban J connectivity index is 1.85. The average Bonchev–Trinajstić information content (AvgIpc) is 3.17. The molecule has 27 heavy (non-hydrogen) atoms. The third-order valence-electron chi connectivity index (χ3n) is 3.95. The summed E-state index contributed by atoms with van der Waals surface area (Å²) in [6.07, 6.45) is 1.94. The number of thiophene rings is 1. The lowest BCUT2D eigenvalue weighted by Crippen LogP contribution is -2.39. The van der Waals surface area contributed by atoms with Crippen molar-refractivity contribution in [2.24, 2.45) is 0 Å². The van der Waals surface area contributed by atoms with Gasteiger partial charge in [0.05, 0.1) is 24.8 Å². The number of thioether (sulfide) groups is 1. The SMILES string of the molecule is CCN1C(=Cc2sc3ccc(Cl)cc3[n+]2CS(=O)(=O)[O-])Sc2sc(Br)cc21. The molecule has 0 spiro atoms. The van der Waals surface area contributed by atoms with Gasteiger partial charge >= 0.3 is 0 Å². The van der Waals surface area contributed by atoms with E-state index in [0.717, 1.165) is 25.7 Å². The first kappa shape index (κ1) is 19.7. The highest BCUT2D eigenvalue weighted by molar-refractivity contribution is 9.11. The van der Waals surface area contributed by atoms with Crippen LogP contribution in [-0.4, -0.2) is 19.5 Å². The van der Waals surface area contributed by atoms with Gasteiger partial charge in [-0.05, 0) is 41.1 Å². The van der Waals surface area contributed by atoms with Crippen LogP contribution in [-0.2, 0) is 16.0 Å². The number of rotatable bonds is 4. The van der Waals surface area contributed by atoms with E-state index in [2.05, 4.69) is 33.8 Å². The first-order chi connectivity index (χ1) is 12.7. The third-order valence-corrected chi connectivity index (χ3v) is 8.73. The zero-order valence-corrected chi connectivity index (χ0v) is 19.4. The molecule has 0 atom stereocenters. The van der Waals surface area contributed by atoms with Crippen LogP contribution in [0.2, 0.25) is 5.02 Å². The summed E-state index contributed by atoms with van der Waals surface area (Å²) in [5.41, 5.74) is 1.78. The minimum atomic E-state index is -4.45. The zero-order chi connectivity index (χ0) is 19.3. The molecule has 1 aliphatic rings. The quantitative estimate of drug-likeness (QED) is 0.352. The fourth-order valence-electron chi connectivity index (χ4n) is 2.88. The van der Waals surface area contributed by atoms with Crippen molar-refractivity contribution >= 4 is 94.1 Å². The van der Waals surface area contributed by atoms with Crippen LogP contribution in [0.4, 0.5) is 5.69 Å². The summed E-state index contributed by atoms with van der Waals surface area (Å²) in [6.45, 7) is 2.85. The standard InChI is InChI=1S/C16H12BrClN2O3S4/c1-2-19-11-6-13(17)25-16(11)26-14(19)7-15-20(8-27(21,22)23)10-5-9(18)3-4-12(10)24-15/h3-7H,2,8H2,1H3. The number of benzene rings is 1. The molecule has 0 radical (unpaired) electrons. The molecule has 4 rings (SSSR count). The topological polar surface area (TPSA) is 64.3 Å². The lowest BCUT2D eigenvalue weighted by Gasteiger charge is -2.16. The average molecular weight is 524 g/mol. The second-order valence-electron chi connectivity index (χ2n) is 5.72. The highest BCUT2D eigenvalue weighted by Gasteiger charge is 2.29. The maximum atomic E-state index is 11.5. The Morgan fingerprint density at radius 1 is 1.33 bits per heavy atom. The van der Waals surface area contributed by atoms with Gasteiger partial charge in [-0.15, -0.1) is 11.3 Å². The fraction of sp³-hybridized carbons (Fsp3) is 0.188. The summed E-state index contributed by atoms with van der Waals surface area (Å²) < 4.78 is 39.1. The Bertz CT molecular complexity index is 1190. The molecule has 3 heterocycles. The van der Waals surface area contributed by atoms with Crippen LogP contribution >= 0.6 is 62.0 Å². The van der Waals surface area contributed by atoms with Gasteiger partial charge in [0.25, 0.3) is 5.01 Å². The molecule has 0 aliphatic carbocycles. The van der Waals surface area contributed by atoms with E-state index in [1.54, 1.807) is 35.2 Å². The second kappa shape index (κ2) is 7.33. The van der Waals surface area contributed by atoms with E-state index in [1.807, 2.05) is 12.1 Å². The molecule has 0 saturated heterocycles. The molecule has 0 amide bonds. The maximum Gasteiger partial charge on any atom is 0.266 e. The van der Waals surface area contributed by atoms with Gasteiger partial charge in [0.2, 0.25) is 11.4 Å². The fourth-order valence-corrected chi connectivity index (χ4v) is 8.18. The van der Waals surface area contributed by atoms with Crippen molar-refractivity contribution in [3.8, 4) is 0 Å². The lowest BCUT2D eigenvalue weighted by molar-refractivity contribution is -0.649. The van der Waals surface area contributed by atoms with Crippen molar-refractivity contribution in [3.63, 3.8) is 0 Å². The molecule has 2 aromatic heterocycles. The summed E-state index contributed by atoms with van der Waals surface area (Å²) in [5, 5.41) is 2.19. The number of hydrogen-bond acceptors (Lipinski definition) is 7. The van der Waals surface area contributed by atoms with Crippen LogP contribution in [0.15, 0.2) is 37.3 Å². The van der Waals surface area contributed by atoms with E-state index >= 15 is 0 Å². The van der Waals surface area contributed by atoms with Gasteiger partial charge in [0, 0.05) is 17.6 Å². The van der Waals surface area contributed by atoms with E-state index in [0.29, 0.717) is 15.5 Å². The number of anilines is 1. The van der Waals surface area contributed by atoms with Crippen molar-refractivity contribution in [2.75, 3.05) is 11.4 Å². The monoisotopic (exact) mass is 522 g/mol. The number of aromatic nitrogens is 1. The van der Waals surface area contributed by atoms with Crippen LogP contribution in [0.25, 0.3) is 16.3 Å². The zero-order valence-electron chi connectivity index (χ0n) is 13.8. The van der Waals surface area contributed by atoms with Crippen LogP contribution in [0.3, 0.4) is 0 Å². The normalized spacial score (nSPS) is 15.9. The van der Waals surface area contributed by atoms with E-state index in [-0.39, 0.29) is 0 Å². The highest BCUT2D eigenvalue weighted by Crippen LogP contribution is 2.52. The predicted octanol–water partition coefficient (Wildman–Crippen LogP) is 5.10. The molecule has 3 aromatic rings. The lowest BCUT2D eigenvalue weighted by atomic mass is 10.3. The molecule has 11 heteroatoms. The van der Waals surface area contributed by atoms with Crippen LogP contribution in [0, 0.1) is 0 Å². The summed E-state index contributed by atoms with van der Waals surface area (Å²) in [5.74, 6) is -0.628. The summed E-state index contributed by atoms with van der Waals surface area (Å²) >= 11 is 14.3. The number of halogens is 2. The molecule has 0 fully saturated rings. The minimum absolute atomic E-state index is 0.494. The minimum Gasteiger partial charge on any atom is -0.743 e. The molecular weight excluding hydrogens is 512 g/mol. The van der Waals surface area contributed by atoms with Gasteiger partial charge in [-0.3, -0.25) is 0 Å². The second-order valence-corrected chi connectivity index (χ2v) is 12.3.